The number of hydrogen-bond acceptors (Lipinski definition) is 2. The van der Waals surface area contributed by atoms with Crippen molar-refractivity contribution in [3.8, 4) is 0 Å². The molecule has 0 aliphatic carbocycles. The van der Waals surface area contributed by atoms with Crippen LogP contribution in [0.1, 0.15) is 25.3 Å². The standard InChI is InChI=1S/C12H13Cl2NO/c1-2-10-7-11(16-15-10)5-8-3-4-9(13)6-12(8)14/h3-4,6,11H,2,5,7H2,1H3. The lowest BCUT2D eigenvalue weighted by molar-refractivity contribution is 0.0859. The van der Waals surface area contributed by atoms with Crippen LogP contribution in [0.15, 0.2) is 23.4 Å². The normalized spacial score (nSPS) is 19.4. The number of oxime groups is 1. The summed E-state index contributed by atoms with van der Waals surface area (Å²) >= 11 is 11.9. The zero-order valence-corrected chi connectivity index (χ0v) is 10.6. The molecule has 2 rings (SSSR count). The van der Waals surface area contributed by atoms with Crippen molar-refractivity contribution in [1.29, 1.82) is 0 Å². The van der Waals surface area contributed by atoms with Crippen LogP contribution < -0.4 is 0 Å². The van der Waals surface area contributed by atoms with E-state index in [1.54, 1.807) is 6.07 Å². The Morgan fingerprint density at radius 3 is 2.88 bits per heavy atom. The first-order valence-electron chi connectivity index (χ1n) is 5.34. The third kappa shape index (κ3) is 2.69. The predicted molar refractivity (Wildman–Crippen MR) is 67.4 cm³/mol. The number of nitrogens with zero attached hydrogens (tertiary/aromatic N) is 1. The second-order valence-corrected chi connectivity index (χ2v) is 4.73. The van der Waals surface area contributed by atoms with E-state index in [4.69, 9.17) is 28.0 Å². The summed E-state index contributed by atoms with van der Waals surface area (Å²) in [5, 5.41) is 5.38. The van der Waals surface area contributed by atoms with E-state index < -0.39 is 0 Å². The molecule has 0 N–H and O–H groups in total. The third-order valence-corrected chi connectivity index (χ3v) is 3.25. The molecule has 4 heteroatoms. The molecule has 1 heterocycles. The minimum absolute atomic E-state index is 0.119. The van der Waals surface area contributed by atoms with Crippen molar-refractivity contribution in [3.05, 3.63) is 33.8 Å². The van der Waals surface area contributed by atoms with Gasteiger partial charge in [0.15, 0.2) is 0 Å². The fraction of sp³-hybridized carbons (Fsp3) is 0.417. The van der Waals surface area contributed by atoms with Crippen molar-refractivity contribution >= 4 is 28.9 Å². The summed E-state index contributed by atoms with van der Waals surface area (Å²) in [4.78, 5) is 5.34. The lowest BCUT2D eigenvalue weighted by Crippen LogP contribution is -2.11. The minimum atomic E-state index is 0.119. The van der Waals surface area contributed by atoms with Gasteiger partial charge in [-0.25, -0.2) is 0 Å². The second kappa shape index (κ2) is 5.07. The Kier molecular flexibility index (Phi) is 3.72. The summed E-state index contributed by atoms with van der Waals surface area (Å²) in [6.07, 6.45) is 2.75. The van der Waals surface area contributed by atoms with Gasteiger partial charge in [-0.15, -0.1) is 0 Å². The minimum Gasteiger partial charge on any atom is -0.392 e. The third-order valence-electron chi connectivity index (χ3n) is 2.66. The van der Waals surface area contributed by atoms with Gasteiger partial charge in [0.05, 0.1) is 5.71 Å². The Morgan fingerprint density at radius 1 is 1.44 bits per heavy atom. The maximum atomic E-state index is 6.10. The second-order valence-electron chi connectivity index (χ2n) is 3.88. The summed E-state index contributed by atoms with van der Waals surface area (Å²) in [5.41, 5.74) is 2.18. The highest BCUT2D eigenvalue weighted by molar-refractivity contribution is 6.35. The Balaban J connectivity index is 2.00. The molecule has 0 spiro atoms. The van der Waals surface area contributed by atoms with Crippen LogP contribution in [-0.2, 0) is 11.3 Å². The van der Waals surface area contributed by atoms with Gasteiger partial charge in [-0.1, -0.05) is 41.3 Å². The first-order chi connectivity index (χ1) is 7.69. The average Bonchev–Trinajstić information content (AvgIpc) is 2.70. The lowest BCUT2D eigenvalue weighted by atomic mass is 10.0. The predicted octanol–water partition coefficient (Wildman–Crippen LogP) is 4.09. The molecular formula is C12H13Cl2NO. The zero-order chi connectivity index (χ0) is 11.5. The molecule has 0 amide bonds. The van der Waals surface area contributed by atoms with Gasteiger partial charge in [0.25, 0.3) is 0 Å². The molecule has 1 unspecified atom stereocenters. The summed E-state index contributed by atoms with van der Waals surface area (Å²) in [6.45, 7) is 2.08. The molecule has 0 saturated carbocycles. The van der Waals surface area contributed by atoms with Crippen LogP contribution in [0.4, 0.5) is 0 Å². The van der Waals surface area contributed by atoms with Crippen molar-refractivity contribution in [2.24, 2.45) is 5.16 Å². The van der Waals surface area contributed by atoms with E-state index in [9.17, 15) is 0 Å². The van der Waals surface area contributed by atoms with Crippen molar-refractivity contribution in [3.63, 3.8) is 0 Å². The Morgan fingerprint density at radius 2 is 2.25 bits per heavy atom. The Bertz CT molecular complexity index is 417. The number of hydrogen-bond donors (Lipinski definition) is 0. The van der Waals surface area contributed by atoms with Gasteiger partial charge in [-0.05, 0) is 24.1 Å². The van der Waals surface area contributed by atoms with E-state index in [1.165, 1.54) is 0 Å². The van der Waals surface area contributed by atoms with Crippen LogP contribution in [0.3, 0.4) is 0 Å². The summed E-state index contributed by atoms with van der Waals surface area (Å²) < 4.78 is 0. The Hall–Kier alpha value is -0.730. The molecule has 16 heavy (non-hydrogen) atoms. The molecule has 1 aliphatic heterocycles. The fourth-order valence-electron chi connectivity index (χ4n) is 1.74. The van der Waals surface area contributed by atoms with Crippen molar-refractivity contribution in [1.82, 2.24) is 0 Å². The molecule has 1 atom stereocenters. The van der Waals surface area contributed by atoms with Crippen molar-refractivity contribution in [2.45, 2.75) is 32.3 Å². The smallest absolute Gasteiger partial charge is 0.136 e. The van der Waals surface area contributed by atoms with Gasteiger partial charge in [0.1, 0.15) is 6.10 Å². The van der Waals surface area contributed by atoms with Crippen LogP contribution in [0, 0.1) is 0 Å². The SMILES string of the molecule is CCC1=NOC(Cc2ccc(Cl)cc2Cl)C1. The number of rotatable bonds is 3. The largest absolute Gasteiger partial charge is 0.392 e. The maximum absolute atomic E-state index is 6.10. The topological polar surface area (TPSA) is 21.6 Å². The van der Waals surface area contributed by atoms with Crippen LogP contribution in [-0.4, -0.2) is 11.8 Å². The molecular weight excluding hydrogens is 245 g/mol. The highest BCUT2D eigenvalue weighted by Gasteiger charge is 2.20. The van der Waals surface area contributed by atoms with Gasteiger partial charge in [-0.3, -0.25) is 0 Å². The molecule has 0 saturated heterocycles. The van der Waals surface area contributed by atoms with Gasteiger partial charge >= 0.3 is 0 Å². The fourth-order valence-corrected chi connectivity index (χ4v) is 2.22. The van der Waals surface area contributed by atoms with E-state index in [0.29, 0.717) is 10.0 Å². The quantitative estimate of drug-likeness (QED) is 0.800. The van der Waals surface area contributed by atoms with Gasteiger partial charge in [0, 0.05) is 22.9 Å². The zero-order valence-electron chi connectivity index (χ0n) is 9.04. The van der Waals surface area contributed by atoms with E-state index >= 15 is 0 Å². The first-order valence-corrected chi connectivity index (χ1v) is 6.10. The van der Waals surface area contributed by atoms with Crippen LogP contribution in [0.5, 0.6) is 0 Å². The van der Waals surface area contributed by atoms with E-state index in [0.717, 1.165) is 30.5 Å². The lowest BCUT2D eigenvalue weighted by Gasteiger charge is -2.09. The van der Waals surface area contributed by atoms with E-state index in [-0.39, 0.29) is 6.10 Å². The van der Waals surface area contributed by atoms with Gasteiger partial charge in [-0.2, -0.15) is 0 Å². The van der Waals surface area contributed by atoms with Gasteiger partial charge in [0.2, 0.25) is 0 Å². The van der Waals surface area contributed by atoms with Crippen LogP contribution in [0.2, 0.25) is 10.0 Å². The summed E-state index contributed by atoms with van der Waals surface area (Å²) in [6, 6.07) is 5.55. The molecule has 0 bridgehead atoms. The molecule has 0 aromatic heterocycles. The molecule has 1 aliphatic rings. The molecule has 0 fully saturated rings. The highest BCUT2D eigenvalue weighted by atomic mass is 35.5. The Labute approximate surface area is 105 Å². The molecule has 0 radical (unpaired) electrons. The van der Waals surface area contributed by atoms with Crippen LogP contribution in [0.25, 0.3) is 0 Å². The summed E-state index contributed by atoms with van der Waals surface area (Å²) in [7, 11) is 0. The van der Waals surface area contributed by atoms with Crippen LogP contribution >= 0.6 is 23.2 Å². The molecule has 2 nitrogen and oxygen atoms in total. The number of halogens is 2. The van der Waals surface area contributed by atoms with E-state index in [1.807, 2.05) is 12.1 Å². The molecule has 86 valence electrons. The summed E-state index contributed by atoms with van der Waals surface area (Å²) in [5.74, 6) is 0. The highest BCUT2D eigenvalue weighted by Crippen LogP contribution is 2.25. The average molecular weight is 258 g/mol. The van der Waals surface area contributed by atoms with E-state index in [2.05, 4.69) is 12.1 Å². The van der Waals surface area contributed by atoms with Crippen molar-refractivity contribution in [2.75, 3.05) is 0 Å². The molecule has 1 aromatic carbocycles. The van der Waals surface area contributed by atoms with Crippen molar-refractivity contribution < 1.29 is 4.84 Å². The first kappa shape index (κ1) is 11.7. The van der Waals surface area contributed by atoms with Gasteiger partial charge < -0.3 is 4.84 Å². The molecule has 1 aromatic rings. The number of benzene rings is 1. The maximum Gasteiger partial charge on any atom is 0.136 e. The monoisotopic (exact) mass is 257 g/mol.